The van der Waals surface area contributed by atoms with Gasteiger partial charge in [0.2, 0.25) is 5.95 Å². The number of halogens is 1. The fraction of sp³-hybridized carbons (Fsp3) is 0.188. The quantitative estimate of drug-likeness (QED) is 0.788. The van der Waals surface area contributed by atoms with Gasteiger partial charge in [-0.2, -0.15) is 0 Å². The molecule has 3 aromatic rings. The van der Waals surface area contributed by atoms with Gasteiger partial charge in [-0.05, 0) is 30.2 Å². The first-order valence-corrected chi connectivity index (χ1v) is 6.73. The Morgan fingerprint density at radius 2 is 1.95 bits per heavy atom. The van der Waals surface area contributed by atoms with Gasteiger partial charge in [0.1, 0.15) is 5.52 Å². The van der Waals surface area contributed by atoms with Crippen LogP contribution in [0.4, 0.5) is 10.3 Å². The van der Waals surface area contributed by atoms with Crippen molar-refractivity contribution in [2.24, 2.45) is 0 Å². The number of anilines is 1. The number of nitrogens with two attached hydrogens (primary N) is 1. The summed E-state index contributed by atoms with van der Waals surface area (Å²) < 4.78 is 15.6. The molecular weight excluding hydrogens is 253 g/mol. The average Bonchev–Trinajstić information content (AvgIpc) is 2.78. The van der Waals surface area contributed by atoms with Gasteiger partial charge in [0, 0.05) is 0 Å². The molecule has 3 rings (SSSR count). The third kappa shape index (κ3) is 1.93. The minimum absolute atomic E-state index is 0.314. The smallest absolute Gasteiger partial charge is 0.206 e. The number of imidazole rings is 1. The highest BCUT2D eigenvalue weighted by Crippen LogP contribution is 2.27. The van der Waals surface area contributed by atoms with Crippen molar-refractivity contribution in [3.63, 3.8) is 0 Å². The van der Waals surface area contributed by atoms with Crippen molar-refractivity contribution in [3.8, 4) is 5.69 Å². The number of nitrogens with zero attached hydrogens (tertiary/aromatic N) is 2. The largest absolute Gasteiger partial charge is 0.369 e. The molecule has 0 spiro atoms. The number of fused-ring (bicyclic) bond motifs is 1. The van der Waals surface area contributed by atoms with Gasteiger partial charge >= 0.3 is 0 Å². The molecule has 1 aromatic heterocycles. The van der Waals surface area contributed by atoms with E-state index in [-0.39, 0.29) is 5.82 Å². The first-order valence-electron chi connectivity index (χ1n) is 6.73. The predicted molar refractivity (Wildman–Crippen MR) is 79.4 cm³/mol. The Kier molecular flexibility index (Phi) is 3.14. The molecule has 0 aliphatic heterocycles. The van der Waals surface area contributed by atoms with Crippen molar-refractivity contribution in [2.75, 3.05) is 5.73 Å². The lowest BCUT2D eigenvalue weighted by Gasteiger charge is -2.12. The van der Waals surface area contributed by atoms with E-state index in [0.29, 0.717) is 17.0 Å². The monoisotopic (exact) mass is 269 g/mol. The Morgan fingerprint density at radius 3 is 2.75 bits per heavy atom. The fourth-order valence-corrected chi connectivity index (χ4v) is 2.55. The fourth-order valence-electron chi connectivity index (χ4n) is 2.55. The maximum atomic E-state index is 13.8. The molecule has 20 heavy (non-hydrogen) atoms. The molecule has 0 bridgehead atoms. The van der Waals surface area contributed by atoms with E-state index in [4.69, 9.17) is 5.73 Å². The normalized spacial score (nSPS) is 11.1. The van der Waals surface area contributed by atoms with Crippen LogP contribution < -0.4 is 5.73 Å². The summed E-state index contributed by atoms with van der Waals surface area (Å²) in [5.74, 6) is -0.0328. The number of aromatic nitrogens is 2. The van der Waals surface area contributed by atoms with E-state index < -0.39 is 0 Å². The van der Waals surface area contributed by atoms with Crippen LogP contribution in [0, 0.1) is 5.82 Å². The number of hydrogen-bond donors (Lipinski definition) is 1. The molecule has 0 amide bonds. The Hall–Kier alpha value is -2.36. The molecule has 4 heteroatoms. The molecule has 0 radical (unpaired) electrons. The van der Waals surface area contributed by atoms with E-state index >= 15 is 0 Å². The molecule has 0 saturated carbocycles. The van der Waals surface area contributed by atoms with Gasteiger partial charge in [-0.15, -0.1) is 0 Å². The van der Waals surface area contributed by atoms with Crippen molar-refractivity contribution in [1.82, 2.24) is 9.55 Å². The van der Waals surface area contributed by atoms with Crippen molar-refractivity contribution >= 4 is 17.0 Å². The lowest BCUT2D eigenvalue weighted by Crippen LogP contribution is -2.03. The van der Waals surface area contributed by atoms with Crippen molar-refractivity contribution in [2.45, 2.75) is 19.8 Å². The van der Waals surface area contributed by atoms with Crippen molar-refractivity contribution in [1.29, 1.82) is 0 Å². The number of benzene rings is 2. The summed E-state index contributed by atoms with van der Waals surface area (Å²) >= 11 is 0. The molecule has 2 aromatic carbocycles. The second-order valence-corrected chi connectivity index (χ2v) is 4.79. The molecular formula is C16H16FN3. The highest BCUT2D eigenvalue weighted by Gasteiger charge is 2.14. The Bertz CT molecular complexity index is 762. The molecule has 1 heterocycles. The molecule has 0 aliphatic carbocycles. The van der Waals surface area contributed by atoms with Crippen molar-refractivity contribution < 1.29 is 4.39 Å². The number of nitrogen functional groups attached to an aromatic ring is 1. The molecule has 2 N–H and O–H groups in total. The highest BCUT2D eigenvalue weighted by molar-refractivity contribution is 5.81. The van der Waals surface area contributed by atoms with Crippen LogP contribution in [0.2, 0.25) is 0 Å². The third-order valence-electron chi connectivity index (χ3n) is 3.41. The minimum atomic E-state index is -0.346. The van der Waals surface area contributed by atoms with E-state index in [1.54, 1.807) is 6.07 Å². The van der Waals surface area contributed by atoms with Gasteiger partial charge in [0.25, 0.3) is 0 Å². The third-order valence-corrected chi connectivity index (χ3v) is 3.41. The van der Waals surface area contributed by atoms with E-state index in [9.17, 15) is 4.39 Å². The van der Waals surface area contributed by atoms with Gasteiger partial charge in [-0.3, -0.25) is 4.57 Å². The molecule has 0 saturated heterocycles. The number of hydrogen-bond acceptors (Lipinski definition) is 2. The molecule has 102 valence electrons. The molecule has 0 fully saturated rings. The van der Waals surface area contributed by atoms with E-state index in [2.05, 4.69) is 18.0 Å². The maximum absolute atomic E-state index is 13.8. The summed E-state index contributed by atoms with van der Waals surface area (Å²) in [6.45, 7) is 2.13. The van der Waals surface area contributed by atoms with Crippen LogP contribution in [0.15, 0.2) is 42.5 Å². The van der Waals surface area contributed by atoms with Gasteiger partial charge in [-0.1, -0.05) is 37.6 Å². The van der Waals surface area contributed by atoms with Crippen LogP contribution in [0.25, 0.3) is 16.7 Å². The zero-order chi connectivity index (χ0) is 14.1. The van der Waals surface area contributed by atoms with Gasteiger partial charge in [-0.25, -0.2) is 9.37 Å². The predicted octanol–water partition coefficient (Wildman–Crippen LogP) is 3.70. The summed E-state index contributed by atoms with van der Waals surface area (Å²) in [6, 6.07) is 12.9. The maximum Gasteiger partial charge on any atom is 0.206 e. The summed E-state index contributed by atoms with van der Waals surface area (Å²) in [4.78, 5) is 4.16. The standard InChI is InChI=1S/C16H16FN3/c1-2-6-11-7-3-4-9-13(11)20-14-10-5-8-12(17)15(14)19-16(20)18/h3-5,7-10H,2,6H2,1H3,(H2,18,19). The van der Waals surface area contributed by atoms with Crippen LogP contribution >= 0.6 is 0 Å². The van der Waals surface area contributed by atoms with Gasteiger partial charge in [0.15, 0.2) is 5.82 Å². The molecule has 0 unspecified atom stereocenters. The second-order valence-electron chi connectivity index (χ2n) is 4.79. The Balaban J connectivity index is 2.30. The van der Waals surface area contributed by atoms with Crippen LogP contribution in [-0.2, 0) is 6.42 Å². The topological polar surface area (TPSA) is 43.8 Å². The zero-order valence-electron chi connectivity index (χ0n) is 11.3. The van der Waals surface area contributed by atoms with E-state index in [0.717, 1.165) is 18.5 Å². The summed E-state index contributed by atoms with van der Waals surface area (Å²) in [5.41, 5.74) is 9.18. The van der Waals surface area contributed by atoms with E-state index in [1.807, 2.05) is 28.8 Å². The average molecular weight is 269 g/mol. The van der Waals surface area contributed by atoms with Crippen LogP contribution in [0.3, 0.4) is 0 Å². The van der Waals surface area contributed by atoms with Gasteiger partial charge in [0.05, 0.1) is 11.2 Å². The molecule has 0 atom stereocenters. The van der Waals surface area contributed by atoms with Gasteiger partial charge < -0.3 is 5.73 Å². The Labute approximate surface area is 116 Å². The Morgan fingerprint density at radius 1 is 1.15 bits per heavy atom. The van der Waals surface area contributed by atoms with E-state index in [1.165, 1.54) is 11.6 Å². The summed E-state index contributed by atoms with van der Waals surface area (Å²) in [5, 5.41) is 0. The number of aryl methyl sites for hydroxylation is 1. The number of para-hydroxylation sites is 2. The van der Waals surface area contributed by atoms with Crippen LogP contribution in [0.5, 0.6) is 0 Å². The van der Waals surface area contributed by atoms with Crippen molar-refractivity contribution in [3.05, 3.63) is 53.8 Å². The minimum Gasteiger partial charge on any atom is -0.369 e. The highest BCUT2D eigenvalue weighted by atomic mass is 19.1. The lowest BCUT2D eigenvalue weighted by atomic mass is 10.1. The first kappa shape index (κ1) is 12.7. The second kappa shape index (κ2) is 4.96. The summed E-state index contributed by atoms with van der Waals surface area (Å²) in [7, 11) is 0. The number of rotatable bonds is 3. The molecule has 0 aliphatic rings. The van der Waals surface area contributed by atoms with Crippen LogP contribution in [0.1, 0.15) is 18.9 Å². The van der Waals surface area contributed by atoms with Crippen LogP contribution in [-0.4, -0.2) is 9.55 Å². The SMILES string of the molecule is CCCc1ccccc1-n1c(N)nc2c(F)cccc21. The first-order chi connectivity index (χ1) is 9.72. The zero-order valence-corrected chi connectivity index (χ0v) is 11.3. The summed E-state index contributed by atoms with van der Waals surface area (Å²) in [6.07, 6.45) is 1.99. The molecule has 3 nitrogen and oxygen atoms in total. The lowest BCUT2D eigenvalue weighted by molar-refractivity contribution is 0.637.